The van der Waals surface area contributed by atoms with Gasteiger partial charge in [0.05, 0.1) is 12.3 Å². The molecule has 1 N–H and O–H groups in total. The molecular formula is C13H13NO2S2. The Balaban J connectivity index is 1.98. The van der Waals surface area contributed by atoms with Crippen molar-refractivity contribution in [3.05, 3.63) is 33.8 Å². The Morgan fingerprint density at radius 1 is 1.56 bits per heavy atom. The fourth-order valence-corrected chi connectivity index (χ4v) is 3.10. The topological polar surface area (TPSA) is 46.3 Å². The molecule has 0 atom stereocenters. The van der Waals surface area contributed by atoms with E-state index in [4.69, 9.17) is 9.52 Å². The molecule has 2 heterocycles. The van der Waals surface area contributed by atoms with Gasteiger partial charge < -0.3 is 9.52 Å². The zero-order valence-electron chi connectivity index (χ0n) is 9.97. The van der Waals surface area contributed by atoms with Gasteiger partial charge in [-0.25, -0.2) is 4.98 Å². The van der Waals surface area contributed by atoms with Crippen LogP contribution < -0.4 is 0 Å². The quantitative estimate of drug-likeness (QED) is 0.690. The van der Waals surface area contributed by atoms with Gasteiger partial charge in [-0.05, 0) is 18.4 Å². The molecule has 0 aliphatic heterocycles. The van der Waals surface area contributed by atoms with Crippen molar-refractivity contribution in [1.82, 2.24) is 4.98 Å². The summed E-state index contributed by atoms with van der Waals surface area (Å²) in [4.78, 5) is 5.46. The molecule has 3 nitrogen and oxygen atoms in total. The maximum atomic E-state index is 8.69. The van der Waals surface area contributed by atoms with E-state index in [1.807, 2.05) is 18.4 Å². The summed E-state index contributed by atoms with van der Waals surface area (Å²) in [6.07, 6.45) is 2.17. The third-order valence-electron chi connectivity index (χ3n) is 2.13. The maximum absolute atomic E-state index is 8.69. The van der Waals surface area contributed by atoms with E-state index in [1.54, 1.807) is 29.4 Å². The second kappa shape index (κ2) is 6.64. The Bertz CT molecular complexity index is 563. The van der Waals surface area contributed by atoms with Crippen molar-refractivity contribution in [3.8, 4) is 11.8 Å². The number of thioether (sulfide) groups is 1. The van der Waals surface area contributed by atoms with Crippen LogP contribution in [0.15, 0.2) is 27.3 Å². The number of rotatable bonds is 4. The molecule has 5 heteroatoms. The zero-order chi connectivity index (χ0) is 12.8. The Labute approximate surface area is 114 Å². The highest BCUT2D eigenvalue weighted by Gasteiger charge is 2.06. The highest BCUT2D eigenvalue weighted by atomic mass is 32.2. The van der Waals surface area contributed by atoms with Crippen LogP contribution in [0, 0.1) is 18.8 Å². The lowest BCUT2D eigenvalue weighted by Gasteiger charge is -1.95. The molecule has 0 radical (unpaired) electrons. The molecule has 0 aliphatic carbocycles. The summed E-state index contributed by atoms with van der Waals surface area (Å²) in [6.45, 7) is 2.02. The number of oxazole rings is 1. The minimum atomic E-state index is 0.108. The summed E-state index contributed by atoms with van der Waals surface area (Å²) in [5.41, 5.74) is 1.93. The Kier molecular flexibility index (Phi) is 4.88. The molecule has 18 heavy (non-hydrogen) atoms. The van der Waals surface area contributed by atoms with E-state index in [2.05, 4.69) is 16.8 Å². The van der Waals surface area contributed by atoms with Gasteiger partial charge in [0.25, 0.3) is 5.22 Å². The third kappa shape index (κ3) is 3.64. The number of aliphatic hydroxyl groups is 1. The molecule has 2 aromatic rings. The number of aromatic nitrogens is 1. The summed E-state index contributed by atoms with van der Waals surface area (Å²) in [5, 5.41) is 11.4. The van der Waals surface area contributed by atoms with Crippen molar-refractivity contribution in [1.29, 1.82) is 0 Å². The standard InChI is InChI=1S/C13H13NO2S2/c1-10-8-16-13(14-10)18-9-12-11(5-7-17-12)4-2-3-6-15/h5,7-8,15H,3,6,9H2,1H3. The molecule has 0 saturated carbocycles. The van der Waals surface area contributed by atoms with E-state index in [-0.39, 0.29) is 6.61 Å². The SMILES string of the molecule is Cc1coc(SCc2sccc2C#CCCO)n1. The predicted molar refractivity (Wildman–Crippen MR) is 73.7 cm³/mol. The maximum Gasteiger partial charge on any atom is 0.256 e. The van der Waals surface area contributed by atoms with Crippen LogP contribution in [0.2, 0.25) is 0 Å². The van der Waals surface area contributed by atoms with Gasteiger partial charge in [-0.1, -0.05) is 23.6 Å². The van der Waals surface area contributed by atoms with Crippen LogP contribution in [-0.2, 0) is 5.75 Å². The van der Waals surface area contributed by atoms with Gasteiger partial charge in [0.1, 0.15) is 6.26 Å². The first-order valence-corrected chi connectivity index (χ1v) is 7.37. The molecule has 0 aromatic carbocycles. The summed E-state index contributed by atoms with van der Waals surface area (Å²) < 4.78 is 5.29. The van der Waals surface area contributed by atoms with Crippen molar-refractivity contribution in [2.45, 2.75) is 24.3 Å². The van der Waals surface area contributed by atoms with Crippen LogP contribution in [0.25, 0.3) is 0 Å². The van der Waals surface area contributed by atoms with Gasteiger partial charge in [0.15, 0.2) is 0 Å². The first-order valence-electron chi connectivity index (χ1n) is 5.50. The second-order valence-electron chi connectivity index (χ2n) is 3.58. The number of nitrogens with zero attached hydrogens (tertiary/aromatic N) is 1. The summed E-state index contributed by atoms with van der Waals surface area (Å²) in [5.74, 6) is 6.82. The van der Waals surface area contributed by atoms with Crippen molar-refractivity contribution in [3.63, 3.8) is 0 Å². The normalized spacial score (nSPS) is 10.1. The molecule has 0 unspecified atom stereocenters. The second-order valence-corrected chi connectivity index (χ2v) is 5.50. The van der Waals surface area contributed by atoms with E-state index in [1.165, 1.54) is 4.88 Å². The van der Waals surface area contributed by atoms with Gasteiger partial charge in [-0.15, -0.1) is 11.3 Å². The van der Waals surface area contributed by atoms with Gasteiger partial charge in [0.2, 0.25) is 0 Å². The third-order valence-corrected chi connectivity index (χ3v) is 4.10. The number of hydrogen-bond acceptors (Lipinski definition) is 5. The molecule has 94 valence electrons. The molecular weight excluding hydrogens is 266 g/mol. The van der Waals surface area contributed by atoms with E-state index in [0.717, 1.165) is 17.0 Å². The lowest BCUT2D eigenvalue weighted by atomic mass is 10.2. The Morgan fingerprint density at radius 2 is 2.44 bits per heavy atom. The van der Waals surface area contributed by atoms with Crippen molar-refractivity contribution < 1.29 is 9.52 Å². The molecule has 0 spiro atoms. The van der Waals surface area contributed by atoms with Gasteiger partial charge in [-0.3, -0.25) is 0 Å². The first kappa shape index (κ1) is 13.2. The first-order chi connectivity index (χ1) is 8.79. The smallest absolute Gasteiger partial charge is 0.256 e. The molecule has 0 aliphatic rings. The largest absolute Gasteiger partial charge is 0.440 e. The monoisotopic (exact) mass is 279 g/mol. The van der Waals surface area contributed by atoms with Gasteiger partial charge >= 0.3 is 0 Å². The molecule has 0 fully saturated rings. The predicted octanol–water partition coefficient (Wildman–Crippen LogP) is 3.07. The lowest BCUT2D eigenvalue weighted by molar-refractivity contribution is 0.305. The van der Waals surface area contributed by atoms with E-state index in [9.17, 15) is 0 Å². The van der Waals surface area contributed by atoms with Crippen LogP contribution in [0.1, 0.15) is 22.6 Å². The fourth-order valence-electron chi connectivity index (χ4n) is 1.30. The molecule has 2 aromatic heterocycles. The average molecular weight is 279 g/mol. The lowest BCUT2D eigenvalue weighted by Crippen LogP contribution is -1.81. The number of aryl methyl sites for hydroxylation is 1. The molecule has 0 saturated heterocycles. The number of aliphatic hydroxyl groups excluding tert-OH is 1. The van der Waals surface area contributed by atoms with Gasteiger partial charge in [0, 0.05) is 22.6 Å². The van der Waals surface area contributed by atoms with Crippen LogP contribution >= 0.6 is 23.1 Å². The summed E-state index contributed by atoms with van der Waals surface area (Å²) in [7, 11) is 0. The summed E-state index contributed by atoms with van der Waals surface area (Å²) in [6, 6.07) is 2.01. The van der Waals surface area contributed by atoms with Crippen molar-refractivity contribution in [2.75, 3.05) is 6.61 Å². The number of thiophene rings is 1. The summed E-state index contributed by atoms with van der Waals surface area (Å²) >= 11 is 3.25. The minimum absolute atomic E-state index is 0.108. The van der Waals surface area contributed by atoms with Crippen LogP contribution in [0.5, 0.6) is 0 Å². The van der Waals surface area contributed by atoms with Crippen LogP contribution in [0.4, 0.5) is 0 Å². The van der Waals surface area contributed by atoms with E-state index >= 15 is 0 Å². The van der Waals surface area contributed by atoms with Gasteiger partial charge in [-0.2, -0.15) is 0 Å². The van der Waals surface area contributed by atoms with E-state index in [0.29, 0.717) is 11.6 Å². The molecule has 0 amide bonds. The minimum Gasteiger partial charge on any atom is -0.440 e. The van der Waals surface area contributed by atoms with Crippen molar-refractivity contribution in [2.24, 2.45) is 0 Å². The molecule has 0 bridgehead atoms. The van der Waals surface area contributed by atoms with Crippen LogP contribution in [-0.4, -0.2) is 16.7 Å². The Morgan fingerprint density at radius 3 is 3.17 bits per heavy atom. The fraction of sp³-hybridized carbons (Fsp3) is 0.308. The zero-order valence-corrected chi connectivity index (χ0v) is 11.6. The molecule has 2 rings (SSSR count). The Hall–Kier alpha value is -1.22. The van der Waals surface area contributed by atoms with Crippen LogP contribution in [0.3, 0.4) is 0 Å². The highest BCUT2D eigenvalue weighted by Crippen LogP contribution is 2.26. The van der Waals surface area contributed by atoms with Crippen molar-refractivity contribution >= 4 is 23.1 Å². The number of hydrogen-bond donors (Lipinski definition) is 1. The highest BCUT2D eigenvalue weighted by molar-refractivity contribution is 7.98. The van der Waals surface area contributed by atoms with E-state index < -0.39 is 0 Å². The average Bonchev–Trinajstić information content (AvgIpc) is 2.96.